The first-order valence-corrected chi connectivity index (χ1v) is 8.89. The zero-order valence-electron chi connectivity index (χ0n) is 12.2. The van der Waals surface area contributed by atoms with Crippen molar-refractivity contribution in [3.63, 3.8) is 0 Å². The fraction of sp³-hybridized carbons (Fsp3) is 0.571. The van der Waals surface area contributed by atoms with E-state index in [1.54, 1.807) is 6.20 Å². The molecule has 4 nitrogen and oxygen atoms in total. The molecule has 0 aliphatic heterocycles. The maximum absolute atomic E-state index is 4.37. The third-order valence-electron chi connectivity index (χ3n) is 3.92. The van der Waals surface area contributed by atoms with E-state index in [2.05, 4.69) is 55.7 Å². The fourth-order valence-corrected chi connectivity index (χ4v) is 3.46. The largest absolute Gasteiger partial charge is 0.310 e. The first-order valence-electron chi connectivity index (χ1n) is 6.87. The molecule has 0 amide bonds. The summed E-state index contributed by atoms with van der Waals surface area (Å²) in [4.78, 5) is 8.56. The number of hydrogen-bond acceptors (Lipinski definition) is 4. The molecule has 0 saturated heterocycles. The minimum atomic E-state index is 0.336. The summed E-state index contributed by atoms with van der Waals surface area (Å²) in [6.45, 7) is 6.36. The lowest BCUT2D eigenvalue weighted by atomic mass is 10.0. The summed E-state index contributed by atoms with van der Waals surface area (Å²) in [6.07, 6.45) is 10.2. The second-order valence-electron chi connectivity index (χ2n) is 4.89. The van der Waals surface area contributed by atoms with E-state index in [0.29, 0.717) is 4.75 Å². The van der Waals surface area contributed by atoms with Crippen molar-refractivity contribution in [3.8, 4) is 0 Å². The SMILES string of the molecule is CCC(CC)(CNCc1cnc2cnc(Br)cn12)SC. The summed E-state index contributed by atoms with van der Waals surface area (Å²) in [5.41, 5.74) is 2.04. The Balaban J connectivity index is 2.04. The topological polar surface area (TPSA) is 42.2 Å². The summed E-state index contributed by atoms with van der Waals surface area (Å²) >= 11 is 5.36. The second kappa shape index (κ2) is 6.91. The van der Waals surface area contributed by atoms with Crippen LogP contribution < -0.4 is 5.32 Å². The number of halogens is 1. The molecule has 0 aliphatic carbocycles. The normalized spacial score (nSPS) is 12.2. The van der Waals surface area contributed by atoms with Crippen LogP contribution in [0.3, 0.4) is 0 Å². The molecule has 0 unspecified atom stereocenters. The third-order valence-corrected chi connectivity index (χ3v) is 5.91. The predicted molar refractivity (Wildman–Crippen MR) is 89.2 cm³/mol. The van der Waals surface area contributed by atoms with E-state index in [1.165, 1.54) is 12.8 Å². The van der Waals surface area contributed by atoms with Gasteiger partial charge in [0, 0.05) is 24.0 Å². The number of aromatic nitrogens is 3. The fourth-order valence-electron chi connectivity index (χ4n) is 2.33. The van der Waals surface area contributed by atoms with Crippen LogP contribution in [-0.4, -0.2) is 31.9 Å². The third kappa shape index (κ3) is 3.35. The molecular formula is C14H21BrN4S. The van der Waals surface area contributed by atoms with Gasteiger partial charge in [0.05, 0.1) is 18.1 Å². The van der Waals surface area contributed by atoms with Gasteiger partial charge in [0.2, 0.25) is 0 Å². The minimum Gasteiger partial charge on any atom is -0.310 e. The van der Waals surface area contributed by atoms with Gasteiger partial charge in [-0.15, -0.1) is 0 Å². The van der Waals surface area contributed by atoms with Crippen LogP contribution in [0.2, 0.25) is 0 Å². The molecule has 0 bridgehead atoms. The van der Waals surface area contributed by atoms with E-state index in [-0.39, 0.29) is 0 Å². The van der Waals surface area contributed by atoms with Crippen LogP contribution in [0.5, 0.6) is 0 Å². The maximum Gasteiger partial charge on any atom is 0.155 e. The lowest BCUT2D eigenvalue weighted by Gasteiger charge is -2.29. The van der Waals surface area contributed by atoms with E-state index in [0.717, 1.165) is 29.0 Å². The van der Waals surface area contributed by atoms with Crippen LogP contribution in [-0.2, 0) is 6.54 Å². The molecule has 0 fully saturated rings. The number of rotatable bonds is 7. The quantitative estimate of drug-likeness (QED) is 0.824. The zero-order chi connectivity index (χ0) is 14.6. The van der Waals surface area contributed by atoms with Gasteiger partial charge >= 0.3 is 0 Å². The average molecular weight is 357 g/mol. The lowest BCUT2D eigenvalue weighted by Crippen LogP contribution is -2.36. The molecule has 0 radical (unpaired) electrons. The zero-order valence-corrected chi connectivity index (χ0v) is 14.6. The molecule has 2 aromatic rings. The lowest BCUT2D eigenvalue weighted by molar-refractivity contribution is 0.492. The Bertz CT molecular complexity index is 557. The molecule has 6 heteroatoms. The van der Waals surface area contributed by atoms with Crippen molar-refractivity contribution in [2.45, 2.75) is 38.0 Å². The Labute approximate surface area is 132 Å². The Morgan fingerprint density at radius 2 is 2.05 bits per heavy atom. The van der Waals surface area contributed by atoms with Crippen molar-refractivity contribution in [3.05, 3.63) is 28.9 Å². The van der Waals surface area contributed by atoms with Gasteiger partial charge < -0.3 is 5.32 Å². The van der Waals surface area contributed by atoms with Crippen LogP contribution in [0.4, 0.5) is 0 Å². The molecule has 1 N–H and O–H groups in total. The van der Waals surface area contributed by atoms with E-state index in [1.807, 2.05) is 24.2 Å². The molecule has 0 spiro atoms. The van der Waals surface area contributed by atoms with Crippen molar-refractivity contribution >= 4 is 33.3 Å². The highest BCUT2D eigenvalue weighted by atomic mass is 79.9. The standard InChI is InChI=1S/C14H21BrN4S/c1-4-14(5-2,20-3)10-16-6-11-7-18-13-8-17-12(15)9-19(11)13/h7-9,16H,4-6,10H2,1-3H3. The van der Waals surface area contributed by atoms with Gasteiger partial charge in [-0.05, 0) is 35.0 Å². The Morgan fingerprint density at radius 3 is 2.70 bits per heavy atom. The van der Waals surface area contributed by atoms with E-state index in [4.69, 9.17) is 0 Å². The summed E-state index contributed by atoms with van der Waals surface area (Å²) < 4.78 is 3.23. The van der Waals surface area contributed by atoms with Crippen molar-refractivity contribution in [2.24, 2.45) is 0 Å². The summed E-state index contributed by atoms with van der Waals surface area (Å²) in [7, 11) is 0. The van der Waals surface area contributed by atoms with Gasteiger partial charge in [-0.25, -0.2) is 9.97 Å². The average Bonchev–Trinajstić information content (AvgIpc) is 2.87. The molecule has 0 aromatic carbocycles. The number of imidazole rings is 1. The van der Waals surface area contributed by atoms with Crippen LogP contribution in [0.25, 0.3) is 5.65 Å². The highest BCUT2D eigenvalue weighted by Gasteiger charge is 2.24. The van der Waals surface area contributed by atoms with E-state index in [9.17, 15) is 0 Å². The molecular weight excluding hydrogens is 336 g/mol. The molecule has 0 atom stereocenters. The van der Waals surface area contributed by atoms with Gasteiger partial charge in [0.25, 0.3) is 0 Å². The van der Waals surface area contributed by atoms with Gasteiger partial charge in [-0.2, -0.15) is 11.8 Å². The van der Waals surface area contributed by atoms with Gasteiger partial charge in [-0.1, -0.05) is 13.8 Å². The van der Waals surface area contributed by atoms with Crippen molar-refractivity contribution in [2.75, 3.05) is 12.8 Å². The first-order chi connectivity index (χ1) is 9.64. The second-order valence-corrected chi connectivity index (χ2v) is 6.97. The van der Waals surface area contributed by atoms with Gasteiger partial charge in [0.15, 0.2) is 5.65 Å². The summed E-state index contributed by atoms with van der Waals surface area (Å²) in [5, 5.41) is 3.58. The van der Waals surface area contributed by atoms with Crippen molar-refractivity contribution < 1.29 is 0 Å². The molecule has 2 heterocycles. The van der Waals surface area contributed by atoms with Crippen LogP contribution in [0.1, 0.15) is 32.4 Å². The monoisotopic (exact) mass is 356 g/mol. The number of nitrogens with zero attached hydrogens (tertiary/aromatic N) is 3. The van der Waals surface area contributed by atoms with Gasteiger partial charge in [-0.3, -0.25) is 4.40 Å². The van der Waals surface area contributed by atoms with Crippen LogP contribution in [0.15, 0.2) is 23.2 Å². The van der Waals surface area contributed by atoms with Crippen LogP contribution >= 0.6 is 27.7 Å². The minimum absolute atomic E-state index is 0.336. The molecule has 20 heavy (non-hydrogen) atoms. The highest BCUT2D eigenvalue weighted by molar-refractivity contribution is 9.10. The highest BCUT2D eigenvalue weighted by Crippen LogP contribution is 2.29. The van der Waals surface area contributed by atoms with Crippen molar-refractivity contribution in [1.29, 1.82) is 0 Å². The Kier molecular flexibility index (Phi) is 5.46. The summed E-state index contributed by atoms with van der Waals surface area (Å²) in [5.74, 6) is 0. The number of thioether (sulfide) groups is 1. The van der Waals surface area contributed by atoms with Crippen LogP contribution in [0, 0.1) is 0 Å². The Hall–Kier alpha value is -0.590. The number of hydrogen-bond donors (Lipinski definition) is 1. The molecule has 110 valence electrons. The van der Waals surface area contributed by atoms with Gasteiger partial charge in [0.1, 0.15) is 4.60 Å². The van der Waals surface area contributed by atoms with Crippen molar-refractivity contribution in [1.82, 2.24) is 19.7 Å². The molecule has 2 aromatic heterocycles. The molecule has 0 saturated carbocycles. The first kappa shape index (κ1) is 15.8. The smallest absolute Gasteiger partial charge is 0.155 e. The van der Waals surface area contributed by atoms with E-state index < -0.39 is 0 Å². The number of fused-ring (bicyclic) bond motifs is 1. The molecule has 0 aliphatic rings. The van der Waals surface area contributed by atoms with E-state index >= 15 is 0 Å². The summed E-state index contributed by atoms with van der Waals surface area (Å²) in [6, 6.07) is 0. The Morgan fingerprint density at radius 1 is 1.30 bits per heavy atom. The number of nitrogens with one attached hydrogen (secondary N) is 1. The predicted octanol–water partition coefficient (Wildman–Crippen LogP) is 3.50. The maximum atomic E-state index is 4.37. The molecule has 2 rings (SSSR count).